The Kier molecular flexibility index (Phi) is 6.40. The highest BCUT2D eigenvalue weighted by Crippen LogP contribution is 2.19. The maximum atomic E-state index is 11.6. The topological polar surface area (TPSA) is 51.2 Å². The van der Waals surface area contributed by atoms with Gasteiger partial charge in [-0.2, -0.15) is 0 Å². The molecule has 1 N–H and O–H groups in total. The zero-order valence-electron chi connectivity index (χ0n) is 13.1. The van der Waals surface area contributed by atoms with Crippen molar-refractivity contribution in [2.75, 3.05) is 6.54 Å². The molecule has 1 heterocycles. The molecule has 5 heteroatoms. The van der Waals surface area contributed by atoms with Crippen LogP contribution >= 0.6 is 11.3 Å². The van der Waals surface area contributed by atoms with Gasteiger partial charge in [-0.15, -0.1) is 11.3 Å². The molecule has 1 amide bonds. The Bertz CT molecular complexity index is 596. The number of thiazole rings is 1. The predicted octanol–water partition coefficient (Wildman–Crippen LogP) is 3.87. The van der Waals surface area contributed by atoms with Gasteiger partial charge in [-0.25, -0.2) is 9.78 Å². The molecule has 0 atom stereocenters. The number of ether oxygens (including phenoxy) is 1. The minimum absolute atomic E-state index is 0.304. The lowest BCUT2D eigenvalue weighted by Crippen LogP contribution is -2.25. The number of hydrogen-bond acceptors (Lipinski definition) is 4. The van der Waals surface area contributed by atoms with Crippen molar-refractivity contribution in [2.45, 2.75) is 39.7 Å². The average molecular weight is 318 g/mol. The standard InChI is InChI=1S/C17H22N2O2S/c1-3-16-15(19-13(2)22-16)10-7-11-18-17(20)21-12-14-8-5-4-6-9-14/h4-6,8-9H,3,7,10-12H2,1-2H3,(H,18,20). The fraction of sp³-hybridized carbons (Fsp3) is 0.412. The Morgan fingerprint density at radius 3 is 2.82 bits per heavy atom. The fourth-order valence-corrected chi connectivity index (χ4v) is 3.13. The van der Waals surface area contributed by atoms with E-state index in [2.05, 4.69) is 17.2 Å². The largest absolute Gasteiger partial charge is 0.445 e. The summed E-state index contributed by atoms with van der Waals surface area (Å²) in [5.41, 5.74) is 2.16. The maximum absolute atomic E-state index is 11.6. The van der Waals surface area contributed by atoms with E-state index >= 15 is 0 Å². The second-order valence-electron chi connectivity index (χ2n) is 5.05. The van der Waals surface area contributed by atoms with Crippen LogP contribution in [0.4, 0.5) is 4.79 Å². The molecule has 0 aliphatic rings. The molecule has 1 aromatic carbocycles. The third-order valence-corrected chi connectivity index (χ3v) is 4.44. The van der Waals surface area contributed by atoms with Crippen LogP contribution in [0, 0.1) is 6.92 Å². The summed E-state index contributed by atoms with van der Waals surface area (Å²) in [5, 5.41) is 3.89. The summed E-state index contributed by atoms with van der Waals surface area (Å²) in [5.74, 6) is 0. The molecule has 4 nitrogen and oxygen atoms in total. The highest BCUT2D eigenvalue weighted by molar-refractivity contribution is 7.11. The zero-order chi connectivity index (χ0) is 15.8. The highest BCUT2D eigenvalue weighted by Gasteiger charge is 2.07. The quantitative estimate of drug-likeness (QED) is 0.788. The van der Waals surface area contributed by atoms with Gasteiger partial charge < -0.3 is 10.1 Å². The second-order valence-corrected chi connectivity index (χ2v) is 6.34. The number of aromatic nitrogens is 1. The van der Waals surface area contributed by atoms with Crippen LogP contribution in [0.2, 0.25) is 0 Å². The maximum Gasteiger partial charge on any atom is 0.407 e. The Morgan fingerprint density at radius 1 is 1.32 bits per heavy atom. The molecule has 0 saturated heterocycles. The van der Waals surface area contributed by atoms with E-state index in [0.717, 1.165) is 29.8 Å². The fourth-order valence-electron chi connectivity index (χ4n) is 2.20. The van der Waals surface area contributed by atoms with Crippen molar-refractivity contribution in [1.82, 2.24) is 10.3 Å². The Balaban J connectivity index is 1.65. The lowest BCUT2D eigenvalue weighted by molar-refractivity contribution is 0.139. The summed E-state index contributed by atoms with van der Waals surface area (Å²) < 4.78 is 5.17. The van der Waals surface area contributed by atoms with E-state index in [4.69, 9.17) is 4.74 Å². The van der Waals surface area contributed by atoms with Crippen molar-refractivity contribution in [2.24, 2.45) is 0 Å². The van der Waals surface area contributed by atoms with Gasteiger partial charge >= 0.3 is 6.09 Å². The molecule has 0 fully saturated rings. The second kappa shape index (κ2) is 8.54. The smallest absolute Gasteiger partial charge is 0.407 e. The molecule has 1 aromatic heterocycles. The lowest BCUT2D eigenvalue weighted by atomic mass is 10.2. The predicted molar refractivity (Wildman–Crippen MR) is 89.2 cm³/mol. The molecule has 0 radical (unpaired) electrons. The number of rotatable bonds is 7. The molecule has 0 saturated carbocycles. The molecule has 0 aliphatic heterocycles. The van der Waals surface area contributed by atoms with E-state index in [0.29, 0.717) is 13.2 Å². The summed E-state index contributed by atoms with van der Waals surface area (Å²) in [7, 11) is 0. The van der Waals surface area contributed by atoms with Crippen LogP contribution in [0.5, 0.6) is 0 Å². The number of benzene rings is 1. The number of nitrogens with one attached hydrogen (secondary N) is 1. The minimum Gasteiger partial charge on any atom is -0.445 e. The third kappa shape index (κ3) is 5.15. The van der Waals surface area contributed by atoms with E-state index < -0.39 is 0 Å². The van der Waals surface area contributed by atoms with Gasteiger partial charge in [0.2, 0.25) is 0 Å². The number of aryl methyl sites for hydroxylation is 3. The molecule has 2 aromatic rings. The molecular formula is C17H22N2O2S. The monoisotopic (exact) mass is 318 g/mol. The van der Waals surface area contributed by atoms with Gasteiger partial charge in [0.15, 0.2) is 0 Å². The first-order valence-electron chi connectivity index (χ1n) is 7.58. The van der Waals surface area contributed by atoms with Crippen LogP contribution in [0.15, 0.2) is 30.3 Å². The molecule has 118 valence electrons. The van der Waals surface area contributed by atoms with Crippen molar-refractivity contribution in [3.8, 4) is 0 Å². The first-order valence-corrected chi connectivity index (χ1v) is 8.40. The molecule has 2 rings (SSSR count). The van der Waals surface area contributed by atoms with Crippen LogP contribution in [-0.4, -0.2) is 17.6 Å². The summed E-state index contributed by atoms with van der Waals surface area (Å²) in [6, 6.07) is 9.66. The van der Waals surface area contributed by atoms with Gasteiger partial charge in [-0.3, -0.25) is 0 Å². The lowest BCUT2D eigenvalue weighted by Gasteiger charge is -2.07. The number of hydrogen-bond donors (Lipinski definition) is 1. The first kappa shape index (κ1) is 16.5. The van der Waals surface area contributed by atoms with Gasteiger partial charge in [0, 0.05) is 11.4 Å². The molecule has 0 aliphatic carbocycles. The average Bonchev–Trinajstić information content (AvgIpc) is 2.90. The molecular weight excluding hydrogens is 296 g/mol. The van der Waals surface area contributed by atoms with Crippen molar-refractivity contribution in [3.05, 3.63) is 51.5 Å². The molecule has 0 bridgehead atoms. The SMILES string of the molecule is CCc1sc(C)nc1CCCNC(=O)OCc1ccccc1. The van der Waals surface area contributed by atoms with Crippen molar-refractivity contribution in [1.29, 1.82) is 0 Å². The summed E-state index contributed by atoms with van der Waals surface area (Å²) in [6.45, 7) is 5.09. The number of amides is 1. The van der Waals surface area contributed by atoms with Crippen LogP contribution in [0.1, 0.15) is 34.5 Å². The van der Waals surface area contributed by atoms with Gasteiger partial charge in [0.1, 0.15) is 6.61 Å². The number of carbonyl (C=O) groups excluding carboxylic acids is 1. The van der Waals surface area contributed by atoms with Crippen molar-refractivity contribution >= 4 is 17.4 Å². The van der Waals surface area contributed by atoms with E-state index in [1.165, 1.54) is 10.6 Å². The van der Waals surface area contributed by atoms with Crippen molar-refractivity contribution in [3.63, 3.8) is 0 Å². The number of alkyl carbamates (subject to hydrolysis) is 1. The Morgan fingerprint density at radius 2 is 2.09 bits per heavy atom. The molecule has 0 spiro atoms. The van der Waals surface area contributed by atoms with Crippen molar-refractivity contribution < 1.29 is 9.53 Å². The summed E-state index contributed by atoms with van der Waals surface area (Å²) >= 11 is 1.76. The van der Waals surface area contributed by atoms with Crippen LogP contribution < -0.4 is 5.32 Å². The highest BCUT2D eigenvalue weighted by atomic mass is 32.1. The summed E-state index contributed by atoms with van der Waals surface area (Å²) in [4.78, 5) is 17.5. The van der Waals surface area contributed by atoms with Crippen LogP contribution in [0.3, 0.4) is 0 Å². The zero-order valence-corrected chi connectivity index (χ0v) is 13.9. The number of carbonyl (C=O) groups is 1. The normalized spacial score (nSPS) is 10.5. The first-order chi connectivity index (χ1) is 10.7. The van der Waals surface area contributed by atoms with Crippen LogP contribution in [-0.2, 0) is 24.2 Å². The van der Waals surface area contributed by atoms with E-state index in [9.17, 15) is 4.79 Å². The van der Waals surface area contributed by atoms with Crippen LogP contribution in [0.25, 0.3) is 0 Å². The van der Waals surface area contributed by atoms with Gasteiger partial charge in [0.05, 0.1) is 10.7 Å². The number of nitrogens with zero attached hydrogens (tertiary/aromatic N) is 1. The summed E-state index contributed by atoms with van der Waals surface area (Å²) in [6.07, 6.45) is 2.42. The molecule has 22 heavy (non-hydrogen) atoms. The van der Waals surface area contributed by atoms with E-state index in [-0.39, 0.29) is 6.09 Å². The van der Waals surface area contributed by atoms with E-state index in [1.807, 2.05) is 37.3 Å². The molecule has 0 unspecified atom stereocenters. The Hall–Kier alpha value is -1.88. The van der Waals surface area contributed by atoms with E-state index in [1.54, 1.807) is 11.3 Å². The third-order valence-electron chi connectivity index (χ3n) is 3.28. The minimum atomic E-state index is -0.367. The Labute approximate surface area is 135 Å². The van der Waals surface area contributed by atoms with Gasteiger partial charge in [-0.05, 0) is 31.7 Å². The van der Waals surface area contributed by atoms with Gasteiger partial charge in [0.25, 0.3) is 0 Å². The van der Waals surface area contributed by atoms with Gasteiger partial charge in [-0.1, -0.05) is 37.3 Å².